The predicted octanol–water partition coefficient (Wildman–Crippen LogP) is 0.576. The molecule has 1 aromatic rings. The van der Waals surface area contributed by atoms with E-state index in [0.717, 1.165) is 37.2 Å². The van der Waals surface area contributed by atoms with Crippen LogP contribution in [0.25, 0.3) is 0 Å². The van der Waals surface area contributed by atoms with Gasteiger partial charge in [-0.2, -0.15) is 0 Å². The lowest BCUT2D eigenvalue weighted by Crippen LogP contribution is -2.56. The molecule has 0 amide bonds. The molecular formula is C15H27N4O3S+. The van der Waals surface area contributed by atoms with Crippen LogP contribution >= 0.6 is 0 Å². The molecule has 0 radical (unpaired) electrons. The minimum absolute atomic E-state index is 0.0957. The van der Waals surface area contributed by atoms with Crippen LogP contribution in [-0.4, -0.2) is 75.6 Å². The molecule has 0 atom stereocenters. The van der Waals surface area contributed by atoms with Crippen LogP contribution < -0.4 is 10.2 Å². The molecule has 1 heterocycles. The average Bonchev–Trinajstić information content (AvgIpc) is 2.50. The number of hydrogen-bond acceptors (Lipinski definition) is 5. The van der Waals surface area contributed by atoms with Crippen molar-refractivity contribution in [2.24, 2.45) is 0 Å². The van der Waals surface area contributed by atoms with Gasteiger partial charge in [-0.25, -0.2) is 8.42 Å². The average molecular weight is 343 g/mol. The maximum Gasteiger partial charge on any atom is 0.257 e. The highest BCUT2D eigenvalue weighted by Crippen LogP contribution is 2.24. The molecule has 0 aliphatic carbocycles. The molecule has 7 nitrogen and oxygen atoms in total. The lowest BCUT2D eigenvalue weighted by atomic mass is 10.2. The van der Waals surface area contributed by atoms with Gasteiger partial charge in [0.15, 0.2) is 0 Å². The highest BCUT2D eigenvalue weighted by atomic mass is 32.2. The standard InChI is InChI=1S/C15H27N4O3S/c1-17-8-11-19(2,12-9-17)10-5-13-23(21,22)18(20)15-7-4-3-6-14(15)16/h3-4,6-7,20H,5,8-13,16H2,1-2H3/q+1. The van der Waals surface area contributed by atoms with Gasteiger partial charge in [0.1, 0.15) is 5.69 Å². The van der Waals surface area contributed by atoms with Gasteiger partial charge in [0, 0.05) is 19.5 Å². The predicted molar refractivity (Wildman–Crippen MR) is 91.8 cm³/mol. The first kappa shape index (κ1) is 18.0. The monoisotopic (exact) mass is 343 g/mol. The zero-order valence-corrected chi connectivity index (χ0v) is 14.7. The van der Waals surface area contributed by atoms with Crippen molar-refractivity contribution in [2.45, 2.75) is 6.42 Å². The molecular weight excluding hydrogens is 316 g/mol. The fraction of sp³-hybridized carbons (Fsp3) is 0.600. The molecule has 1 saturated heterocycles. The van der Waals surface area contributed by atoms with Gasteiger partial charge in [0.2, 0.25) is 0 Å². The van der Waals surface area contributed by atoms with Crippen molar-refractivity contribution in [3.05, 3.63) is 24.3 Å². The summed E-state index contributed by atoms with van der Waals surface area (Å²) in [7, 11) is 0.472. The second-order valence-corrected chi connectivity index (χ2v) is 8.48. The van der Waals surface area contributed by atoms with Gasteiger partial charge in [0.25, 0.3) is 10.0 Å². The third-order valence-electron chi connectivity index (χ3n) is 4.55. The number of rotatable bonds is 6. The highest BCUT2D eigenvalue weighted by molar-refractivity contribution is 7.92. The summed E-state index contributed by atoms with van der Waals surface area (Å²) in [4.78, 5) is 2.28. The van der Waals surface area contributed by atoms with Crippen molar-refractivity contribution in [1.82, 2.24) is 4.90 Å². The second-order valence-electron chi connectivity index (χ2n) is 6.56. The summed E-state index contributed by atoms with van der Waals surface area (Å²) >= 11 is 0. The molecule has 1 aromatic carbocycles. The first-order valence-electron chi connectivity index (χ1n) is 7.82. The fourth-order valence-corrected chi connectivity index (χ4v) is 3.93. The minimum atomic E-state index is -3.79. The van der Waals surface area contributed by atoms with Crippen molar-refractivity contribution in [3.63, 3.8) is 0 Å². The van der Waals surface area contributed by atoms with Crippen molar-refractivity contribution in [1.29, 1.82) is 0 Å². The van der Waals surface area contributed by atoms with E-state index in [4.69, 9.17) is 5.73 Å². The topological polar surface area (TPSA) is 86.9 Å². The fourth-order valence-electron chi connectivity index (χ4n) is 2.80. The Morgan fingerprint density at radius 1 is 1.30 bits per heavy atom. The smallest absolute Gasteiger partial charge is 0.257 e. The van der Waals surface area contributed by atoms with E-state index in [2.05, 4.69) is 19.0 Å². The van der Waals surface area contributed by atoms with Crippen LogP contribution in [0.3, 0.4) is 0 Å². The number of nitrogen functional groups attached to an aromatic ring is 1. The molecule has 0 aromatic heterocycles. The first-order valence-corrected chi connectivity index (χ1v) is 9.43. The summed E-state index contributed by atoms with van der Waals surface area (Å²) in [5, 5.41) is 10.0. The van der Waals surface area contributed by atoms with E-state index in [1.807, 2.05) is 0 Å². The van der Waals surface area contributed by atoms with Gasteiger partial charge in [-0.1, -0.05) is 12.1 Å². The number of anilines is 2. The number of sulfonamides is 1. The first-order chi connectivity index (χ1) is 10.7. The molecule has 1 aliphatic heterocycles. The van der Waals surface area contributed by atoms with Gasteiger partial charge in [0.05, 0.1) is 38.1 Å². The highest BCUT2D eigenvalue weighted by Gasteiger charge is 2.29. The maximum absolute atomic E-state index is 12.3. The molecule has 1 aliphatic rings. The lowest BCUT2D eigenvalue weighted by Gasteiger charge is -2.41. The van der Waals surface area contributed by atoms with Crippen LogP contribution in [0.1, 0.15) is 6.42 Å². The third kappa shape index (κ3) is 4.57. The molecule has 0 unspecified atom stereocenters. The van der Waals surface area contributed by atoms with Crippen LogP contribution in [0.4, 0.5) is 11.4 Å². The molecule has 2 rings (SSSR count). The Morgan fingerprint density at radius 3 is 2.52 bits per heavy atom. The van der Waals surface area contributed by atoms with Crippen molar-refractivity contribution >= 4 is 21.4 Å². The number of nitrogens with two attached hydrogens (primary N) is 1. The summed E-state index contributed by atoms with van der Waals surface area (Å²) in [6.07, 6.45) is 0.506. The van der Waals surface area contributed by atoms with Crippen LogP contribution in [-0.2, 0) is 10.0 Å². The number of likely N-dealkylation sites (N-methyl/N-ethyl adjacent to an activating group) is 2. The lowest BCUT2D eigenvalue weighted by molar-refractivity contribution is -0.913. The van der Waals surface area contributed by atoms with Gasteiger partial charge in [-0.05, 0) is 19.2 Å². The van der Waals surface area contributed by atoms with Crippen LogP contribution in [0, 0.1) is 0 Å². The van der Waals surface area contributed by atoms with Crippen molar-refractivity contribution in [2.75, 3.05) is 62.8 Å². The number of nitrogens with zero attached hydrogens (tertiary/aromatic N) is 3. The van der Waals surface area contributed by atoms with E-state index in [1.165, 1.54) is 6.07 Å². The normalized spacial score (nSPS) is 18.7. The van der Waals surface area contributed by atoms with E-state index < -0.39 is 10.0 Å². The number of benzene rings is 1. The van der Waals surface area contributed by atoms with Crippen LogP contribution in [0.5, 0.6) is 0 Å². The van der Waals surface area contributed by atoms with E-state index in [-0.39, 0.29) is 17.1 Å². The molecule has 23 heavy (non-hydrogen) atoms. The number of quaternary nitrogens is 1. The zero-order valence-electron chi connectivity index (χ0n) is 13.9. The maximum atomic E-state index is 12.3. The van der Waals surface area contributed by atoms with Crippen LogP contribution in [0.15, 0.2) is 24.3 Å². The molecule has 3 N–H and O–H groups in total. The van der Waals surface area contributed by atoms with Gasteiger partial charge in [-0.15, -0.1) is 4.47 Å². The largest absolute Gasteiger partial charge is 0.397 e. The summed E-state index contributed by atoms with van der Waals surface area (Å²) in [6, 6.07) is 6.38. The Kier molecular flexibility index (Phi) is 5.51. The Hall–Kier alpha value is -1.35. The van der Waals surface area contributed by atoms with E-state index in [9.17, 15) is 13.6 Å². The van der Waals surface area contributed by atoms with E-state index in [1.54, 1.807) is 18.2 Å². The van der Waals surface area contributed by atoms with Crippen LogP contribution in [0.2, 0.25) is 0 Å². The van der Waals surface area contributed by atoms with Crippen molar-refractivity contribution < 1.29 is 18.1 Å². The molecule has 0 spiro atoms. The zero-order chi connectivity index (χ0) is 17.1. The number of para-hydroxylation sites is 2. The Balaban J connectivity index is 1.93. The van der Waals surface area contributed by atoms with E-state index >= 15 is 0 Å². The number of piperazine rings is 1. The van der Waals surface area contributed by atoms with Gasteiger partial charge < -0.3 is 10.2 Å². The second kappa shape index (κ2) is 7.04. The molecule has 0 saturated carbocycles. The molecule has 0 bridgehead atoms. The Labute approximate surface area is 138 Å². The third-order valence-corrected chi connectivity index (χ3v) is 6.08. The van der Waals surface area contributed by atoms with Gasteiger partial charge >= 0.3 is 0 Å². The number of hydrogen-bond donors (Lipinski definition) is 2. The molecule has 1 fully saturated rings. The van der Waals surface area contributed by atoms with Crippen molar-refractivity contribution in [3.8, 4) is 0 Å². The molecule has 8 heteroatoms. The Morgan fingerprint density at radius 2 is 1.91 bits per heavy atom. The molecule has 130 valence electrons. The van der Waals surface area contributed by atoms with E-state index in [0.29, 0.717) is 10.9 Å². The quantitative estimate of drug-likeness (QED) is 0.448. The Bertz CT molecular complexity index is 627. The summed E-state index contributed by atoms with van der Waals surface area (Å²) in [6.45, 7) is 4.87. The summed E-state index contributed by atoms with van der Waals surface area (Å²) in [5.41, 5.74) is 6.06. The minimum Gasteiger partial charge on any atom is -0.397 e. The summed E-state index contributed by atoms with van der Waals surface area (Å²) in [5.74, 6) is -0.0957. The SMILES string of the molecule is CN1CC[N+](C)(CCCS(=O)(=O)N(O)c2ccccc2N)CC1. The van der Waals surface area contributed by atoms with Gasteiger partial charge in [-0.3, -0.25) is 10.1 Å². The summed E-state index contributed by atoms with van der Waals surface area (Å²) < 4.78 is 25.8.